The third-order valence-corrected chi connectivity index (χ3v) is 7.81. The number of likely N-dealkylation sites (tertiary alicyclic amines) is 1. The zero-order valence-electron chi connectivity index (χ0n) is 21.8. The number of nitrogens with two attached hydrogens (primary N) is 2. The topological polar surface area (TPSA) is 204 Å². The number of rotatable bonds is 11. The molecule has 0 radical (unpaired) electrons. The molecule has 0 bridgehead atoms. The molecule has 1 aliphatic heterocycles. The van der Waals surface area contributed by atoms with E-state index < -0.39 is 40.0 Å². The maximum absolute atomic E-state index is 15.1. The van der Waals surface area contributed by atoms with Gasteiger partial charge in [0, 0.05) is 31.5 Å². The lowest BCUT2D eigenvalue weighted by Gasteiger charge is -2.33. The van der Waals surface area contributed by atoms with Crippen LogP contribution in [0.4, 0.5) is 10.1 Å². The first kappa shape index (κ1) is 30.1. The number of nitrogen functional groups attached to an aromatic ring is 1. The third-order valence-electron chi connectivity index (χ3n) is 6.18. The number of nitrogens with one attached hydrogen (secondary N) is 2. The fourth-order valence-corrected chi connectivity index (χ4v) is 5.42. The number of halogens is 1. The summed E-state index contributed by atoms with van der Waals surface area (Å²) >= 11 is 0. The molecule has 7 N–H and O–H groups in total. The van der Waals surface area contributed by atoms with Gasteiger partial charge in [0.05, 0.1) is 23.6 Å². The van der Waals surface area contributed by atoms with E-state index >= 15 is 4.39 Å². The fourth-order valence-electron chi connectivity index (χ4n) is 4.20. The predicted octanol–water partition coefficient (Wildman–Crippen LogP) is 2.14. The van der Waals surface area contributed by atoms with Crippen molar-refractivity contribution in [2.75, 3.05) is 29.7 Å². The number of amides is 1. The second-order valence-electron chi connectivity index (χ2n) is 9.22. The van der Waals surface area contributed by atoms with Crippen LogP contribution in [0.25, 0.3) is 6.08 Å². The van der Waals surface area contributed by atoms with Gasteiger partial charge in [0.15, 0.2) is 5.75 Å². The molecule has 1 aliphatic rings. The molecule has 2 aromatic carbocycles. The number of anilines is 1. The zero-order chi connectivity index (χ0) is 29.6. The first-order chi connectivity index (χ1) is 18.8. The molecule has 2 aromatic rings. The number of carboxylic acids is 1. The van der Waals surface area contributed by atoms with Gasteiger partial charge in [0.1, 0.15) is 23.5 Å². The quantitative estimate of drug-likeness (QED) is 0.198. The minimum atomic E-state index is -4.60. The molecule has 1 fully saturated rings. The fraction of sp³-hybridized carbons (Fsp3) is 0.308. The molecule has 0 unspecified atom stereocenters. The Bertz CT molecular complexity index is 1450. The highest BCUT2D eigenvalue weighted by molar-refractivity contribution is 7.93. The van der Waals surface area contributed by atoms with Crippen molar-refractivity contribution in [1.29, 1.82) is 10.8 Å². The molecule has 14 heteroatoms. The van der Waals surface area contributed by atoms with Crippen LogP contribution in [0, 0.1) is 10.8 Å². The van der Waals surface area contributed by atoms with E-state index in [0.29, 0.717) is 47.2 Å². The number of piperidine rings is 1. The van der Waals surface area contributed by atoms with Gasteiger partial charge < -0.3 is 26.2 Å². The van der Waals surface area contributed by atoms with Crippen LogP contribution in [0.1, 0.15) is 41.3 Å². The monoisotopic (exact) mass is 574 g/mol. The SMILES string of the molecule is CC(=N)N1CCC(Oc2ccc(N(C/C(F)=C/c3cccc(C(=N)N)c3)S(=O)(=O)CC(=O)O)cc2C(N)=O)CC1. The van der Waals surface area contributed by atoms with Crippen LogP contribution >= 0.6 is 0 Å². The standard InChI is InChI=1S/C26H31FN6O6S/c1-16(28)32-9-7-21(8-10-32)39-23-6-5-20(13-22(23)26(31)36)33(40(37,38)15-24(34)35)14-19(27)12-17-3-2-4-18(11-17)25(29)30/h2-6,11-13,21,28H,7-10,14-15H2,1H3,(H3,29,30)(H2,31,36)(H,34,35)/b19-12-,28-16?. The van der Waals surface area contributed by atoms with E-state index in [1.54, 1.807) is 19.1 Å². The average Bonchev–Trinajstić information content (AvgIpc) is 2.87. The van der Waals surface area contributed by atoms with Gasteiger partial charge in [-0.15, -0.1) is 0 Å². The molecular weight excluding hydrogens is 543 g/mol. The summed E-state index contributed by atoms with van der Waals surface area (Å²) in [5.74, 6) is -4.52. The Balaban J connectivity index is 1.94. The number of nitrogens with zero attached hydrogens (tertiary/aromatic N) is 2. The van der Waals surface area contributed by atoms with E-state index in [1.165, 1.54) is 24.3 Å². The van der Waals surface area contributed by atoms with E-state index in [-0.39, 0.29) is 28.9 Å². The highest BCUT2D eigenvalue weighted by Crippen LogP contribution is 2.30. The molecular formula is C26H31FN6O6S. The summed E-state index contributed by atoms with van der Waals surface area (Å²) in [6.07, 6.45) is 1.91. The highest BCUT2D eigenvalue weighted by atomic mass is 32.2. The van der Waals surface area contributed by atoms with Crippen molar-refractivity contribution in [2.24, 2.45) is 11.5 Å². The van der Waals surface area contributed by atoms with Crippen molar-refractivity contribution >= 4 is 45.3 Å². The molecule has 1 heterocycles. The van der Waals surface area contributed by atoms with Crippen LogP contribution in [-0.2, 0) is 14.8 Å². The predicted molar refractivity (Wildman–Crippen MR) is 149 cm³/mol. The Morgan fingerprint density at radius 1 is 1.18 bits per heavy atom. The lowest BCUT2D eigenvalue weighted by Crippen LogP contribution is -2.40. The second-order valence-corrected chi connectivity index (χ2v) is 11.1. The molecule has 1 saturated heterocycles. The van der Waals surface area contributed by atoms with Crippen molar-refractivity contribution in [3.05, 3.63) is 65.0 Å². The number of hydrogen-bond acceptors (Lipinski definition) is 7. The van der Waals surface area contributed by atoms with Gasteiger partial charge in [0.2, 0.25) is 10.0 Å². The van der Waals surface area contributed by atoms with E-state index in [1.807, 2.05) is 4.90 Å². The molecule has 0 aromatic heterocycles. The summed E-state index contributed by atoms with van der Waals surface area (Å²) in [4.78, 5) is 25.5. The number of ether oxygens (including phenoxy) is 1. The first-order valence-corrected chi connectivity index (χ1v) is 13.8. The smallest absolute Gasteiger partial charge is 0.320 e. The number of aliphatic carboxylic acids is 1. The van der Waals surface area contributed by atoms with Crippen molar-refractivity contribution in [1.82, 2.24) is 4.90 Å². The van der Waals surface area contributed by atoms with Crippen LogP contribution in [0.2, 0.25) is 0 Å². The summed E-state index contributed by atoms with van der Waals surface area (Å²) in [5.41, 5.74) is 11.3. The zero-order valence-corrected chi connectivity index (χ0v) is 22.6. The Labute approximate surface area is 231 Å². The maximum atomic E-state index is 15.1. The number of carboxylic acid groups (broad SMARTS) is 1. The van der Waals surface area contributed by atoms with Gasteiger partial charge in [-0.25, -0.2) is 12.8 Å². The molecule has 0 spiro atoms. The number of hydrogen-bond donors (Lipinski definition) is 5. The maximum Gasteiger partial charge on any atom is 0.320 e. The van der Waals surface area contributed by atoms with Crippen LogP contribution in [0.5, 0.6) is 5.75 Å². The van der Waals surface area contributed by atoms with E-state index in [4.69, 9.17) is 32.1 Å². The average molecular weight is 575 g/mol. The lowest BCUT2D eigenvalue weighted by atomic mass is 10.1. The molecule has 12 nitrogen and oxygen atoms in total. The van der Waals surface area contributed by atoms with Gasteiger partial charge in [-0.1, -0.05) is 18.2 Å². The summed E-state index contributed by atoms with van der Waals surface area (Å²) in [6, 6.07) is 9.79. The van der Waals surface area contributed by atoms with E-state index in [0.717, 1.165) is 12.1 Å². The molecule has 214 valence electrons. The molecule has 0 aliphatic carbocycles. The van der Waals surface area contributed by atoms with E-state index in [9.17, 15) is 18.0 Å². The highest BCUT2D eigenvalue weighted by Gasteiger charge is 2.29. The summed E-state index contributed by atoms with van der Waals surface area (Å²) < 4.78 is 47.6. The van der Waals surface area contributed by atoms with Crippen LogP contribution < -0.4 is 20.5 Å². The normalized spacial score (nSPS) is 14.4. The van der Waals surface area contributed by atoms with Crippen LogP contribution in [0.3, 0.4) is 0 Å². The van der Waals surface area contributed by atoms with Gasteiger partial charge in [0.25, 0.3) is 5.91 Å². The van der Waals surface area contributed by atoms with Gasteiger partial charge >= 0.3 is 5.97 Å². The first-order valence-electron chi connectivity index (χ1n) is 12.2. The Kier molecular flexibility index (Phi) is 9.47. The number of carbonyl (C=O) groups is 2. The van der Waals surface area contributed by atoms with Crippen molar-refractivity contribution in [3.63, 3.8) is 0 Å². The lowest BCUT2D eigenvalue weighted by molar-refractivity contribution is -0.134. The van der Waals surface area contributed by atoms with Crippen molar-refractivity contribution in [2.45, 2.75) is 25.9 Å². The molecule has 1 amide bonds. The Hall–Kier alpha value is -4.46. The summed E-state index contributed by atoms with van der Waals surface area (Å²) in [6.45, 7) is 1.99. The number of primary amides is 1. The minimum Gasteiger partial charge on any atom is -0.489 e. The molecule has 0 atom stereocenters. The molecule has 0 saturated carbocycles. The van der Waals surface area contributed by atoms with Crippen molar-refractivity contribution < 1.29 is 32.2 Å². The van der Waals surface area contributed by atoms with Gasteiger partial charge in [-0.2, -0.15) is 0 Å². The van der Waals surface area contributed by atoms with Crippen LogP contribution in [-0.4, -0.2) is 73.5 Å². The summed E-state index contributed by atoms with van der Waals surface area (Å²) in [5, 5.41) is 24.4. The second kappa shape index (κ2) is 12.6. The largest absolute Gasteiger partial charge is 0.489 e. The van der Waals surface area contributed by atoms with Gasteiger partial charge in [-0.3, -0.25) is 24.7 Å². The summed E-state index contributed by atoms with van der Waals surface area (Å²) in [7, 11) is -4.60. The minimum absolute atomic E-state index is 0.105. The number of amidine groups is 2. The third kappa shape index (κ3) is 7.79. The molecule has 3 rings (SSSR count). The van der Waals surface area contributed by atoms with Crippen molar-refractivity contribution in [3.8, 4) is 5.75 Å². The van der Waals surface area contributed by atoms with Gasteiger partial charge in [-0.05, 0) is 42.8 Å². The Morgan fingerprint density at radius 3 is 2.42 bits per heavy atom. The van der Waals surface area contributed by atoms with E-state index in [2.05, 4.69) is 0 Å². The number of carbonyl (C=O) groups excluding carboxylic acids is 1. The number of sulfonamides is 1. The number of benzene rings is 2. The molecule has 40 heavy (non-hydrogen) atoms. The Morgan fingerprint density at radius 2 is 1.85 bits per heavy atom. The van der Waals surface area contributed by atoms with Crippen LogP contribution in [0.15, 0.2) is 48.3 Å².